The molecule has 2 aromatic rings. The van der Waals surface area contributed by atoms with Gasteiger partial charge in [0.1, 0.15) is 0 Å². The van der Waals surface area contributed by atoms with Crippen molar-refractivity contribution in [3.8, 4) is 5.82 Å². The highest BCUT2D eigenvalue weighted by atomic mass is 16.5. The van der Waals surface area contributed by atoms with Crippen LogP contribution in [0.4, 0.5) is 10.5 Å². The van der Waals surface area contributed by atoms with Crippen LogP contribution in [-0.4, -0.2) is 64.6 Å². The highest BCUT2D eigenvalue weighted by Gasteiger charge is 2.27. The fourth-order valence-corrected chi connectivity index (χ4v) is 3.71. The number of anilines is 1. The first kappa shape index (κ1) is 20.3. The van der Waals surface area contributed by atoms with E-state index in [2.05, 4.69) is 39.5 Å². The number of morpholine rings is 1. The molecule has 0 spiro atoms. The summed E-state index contributed by atoms with van der Waals surface area (Å²) >= 11 is 0. The van der Waals surface area contributed by atoms with Crippen LogP contribution in [-0.2, 0) is 4.74 Å². The third-order valence-electron chi connectivity index (χ3n) is 5.32. The number of ether oxygens (including phenoxy) is 1. The molecule has 1 atom stereocenters. The minimum atomic E-state index is -0.210. The smallest absolute Gasteiger partial charge is 0.319 e. The van der Waals surface area contributed by atoms with Crippen molar-refractivity contribution in [2.24, 2.45) is 5.92 Å². The van der Waals surface area contributed by atoms with Crippen molar-refractivity contribution in [2.45, 2.75) is 32.7 Å². The number of pyridine rings is 1. The zero-order valence-electron chi connectivity index (χ0n) is 16.7. The molecule has 8 heteroatoms. The number of urea groups is 1. The lowest BCUT2D eigenvalue weighted by Crippen LogP contribution is -2.52. The van der Waals surface area contributed by atoms with Crippen LogP contribution in [0.25, 0.3) is 5.82 Å². The Bertz CT molecular complexity index is 709. The minimum absolute atomic E-state index is 0.210. The molecule has 0 bridgehead atoms. The van der Waals surface area contributed by atoms with E-state index in [4.69, 9.17) is 4.74 Å². The molecule has 152 valence electrons. The first-order valence-corrected chi connectivity index (χ1v) is 10.0. The van der Waals surface area contributed by atoms with Gasteiger partial charge in [0.2, 0.25) is 0 Å². The largest absolute Gasteiger partial charge is 0.379 e. The first-order chi connectivity index (χ1) is 13.7. The quantitative estimate of drug-likeness (QED) is 0.728. The van der Waals surface area contributed by atoms with Gasteiger partial charge >= 0.3 is 6.03 Å². The van der Waals surface area contributed by atoms with Crippen LogP contribution in [0.15, 0.2) is 36.8 Å². The van der Waals surface area contributed by atoms with E-state index in [9.17, 15) is 4.79 Å². The summed E-state index contributed by atoms with van der Waals surface area (Å²) in [5.74, 6) is 1.26. The monoisotopic (exact) mass is 386 g/mol. The van der Waals surface area contributed by atoms with Gasteiger partial charge in [-0.1, -0.05) is 26.7 Å². The van der Waals surface area contributed by atoms with Gasteiger partial charge in [0, 0.05) is 38.1 Å². The Kier molecular flexibility index (Phi) is 7.39. The third kappa shape index (κ3) is 5.30. The maximum atomic E-state index is 12.4. The molecule has 0 unspecified atom stereocenters. The molecule has 8 nitrogen and oxygen atoms in total. The van der Waals surface area contributed by atoms with Crippen molar-refractivity contribution in [2.75, 3.05) is 38.2 Å². The molecule has 0 aromatic carbocycles. The summed E-state index contributed by atoms with van der Waals surface area (Å²) in [7, 11) is 0. The predicted octanol–water partition coefficient (Wildman–Crippen LogP) is 2.53. The summed E-state index contributed by atoms with van der Waals surface area (Å²) < 4.78 is 7.16. The van der Waals surface area contributed by atoms with Crippen LogP contribution in [0, 0.1) is 5.92 Å². The van der Waals surface area contributed by atoms with Crippen LogP contribution < -0.4 is 10.6 Å². The maximum absolute atomic E-state index is 12.4. The molecule has 0 saturated carbocycles. The topological polar surface area (TPSA) is 84.3 Å². The molecule has 1 saturated heterocycles. The lowest BCUT2D eigenvalue weighted by molar-refractivity contribution is 0.00247. The van der Waals surface area contributed by atoms with Gasteiger partial charge in [-0.15, -0.1) is 0 Å². The van der Waals surface area contributed by atoms with Gasteiger partial charge < -0.3 is 15.4 Å². The van der Waals surface area contributed by atoms with Crippen molar-refractivity contribution in [3.05, 3.63) is 36.8 Å². The molecule has 28 heavy (non-hydrogen) atoms. The van der Waals surface area contributed by atoms with Gasteiger partial charge in [0.05, 0.1) is 25.1 Å². The Labute approximate surface area is 166 Å². The molecule has 1 fully saturated rings. The minimum Gasteiger partial charge on any atom is -0.379 e. The summed E-state index contributed by atoms with van der Waals surface area (Å²) in [6.45, 7) is 8.42. The third-order valence-corrected chi connectivity index (χ3v) is 5.32. The summed E-state index contributed by atoms with van der Waals surface area (Å²) in [4.78, 5) is 19.2. The number of carbonyl (C=O) groups is 1. The van der Waals surface area contributed by atoms with E-state index in [0.29, 0.717) is 30.0 Å². The lowest BCUT2D eigenvalue weighted by atomic mass is 9.92. The van der Waals surface area contributed by atoms with Gasteiger partial charge in [-0.2, -0.15) is 5.10 Å². The molecule has 0 aliphatic carbocycles. The van der Waals surface area contributed by atoms with Crippen molar-refractivity contribution >= 4 is 11.7 Å². The van der Waals surface area contributed by atoms with Crippen molar-refractivity contribution < 1.29 is 9.53 Å². The second kappa shape index (κ2) is 10.2. The number of nitrogens with one attached hydrogen (secondary N) is 2. The number of carbonyl (C=O) groups excluding carboxylic acids is 1. The number of aromatic nitrogens is 3. The molecule has 1 aliphatic rings. The number of amides is 2. The average molecular weight is 387 g/mol. The Morgan fingerprint density at radius 2 is 2.04 bits per heavy atom. The number of hydrogen-bond acceptors (Lipinski definition) is 5. The Hall–Kier alpha value is -2.45. The SMILES string of the molecule is CCC(CC)[C@H](CNC(=O)Nc1ccc(-n2cccn2)nc1)N1CCOCC1. The van der Waals surface area contributed by atoms with Crippen molar-refractivity contribution in [3.63, 3.8) is 0 Å². The van der Waals surface area contributed by atoms with Crippen LogP contribution >= 0.6 is 0 Å². The van der Waals surface area contributed by atoms with Crippen molar-refractivity contribution in [1.82, 2.24) is 25.0 Å². The number of rotatable bonds is 8. The van der Waals surface area contributed by atoms with E-state index in [0.717, 1.165) is 39.1 Å². The first-order valence-electron chi connectivity index (χ1n) is 10.0. The van der Waals surface area contributed by atoms with Crippen LogP contribution in [0.3, 0.4) is 0 Å². The summed E-state index contributed by atoms with van der Waals surface area (Å²) in [6, 6.07) is 5.60. The molecule has 3 heterocycles. The van der Waals surface area contributed by atoms with E-state index < -0.39 is 0 Å². The second-order valence-electron chi connectivity index (χ2n) is 6.98. The van der Waals surface area contributed by atoms with E-state index >= 15 is 0 Å². The number of hydrogen-bond donors (Lipinski definition) is 2. The fraction of sp³-hybridized carbons (Fsp3) is 0.550. The van der Waals surface area contributed by atoms with Gasteiger partial charge in [0.25, 0.3) is 0 Å². The predicted molar refractivity (Wildman–Crippen MR) is 109 cm³/mol. The maximum Gasteiger partial charge on any atom is 0.319 e. The summed E-state index contributed by atoms with van der Waals surface area (Å²) in [5.41, 5.74) is 0.652. The molecular formula is C20H30N6O2. The Morgan fingerprint density at radius 3 is 2.64 bits per heavy atom. The highest BCUT2D eigenvalue weighted by molar-refractivity contribution is 5.89. The fourth-order valence-electron chi connectivity index (χ4n) is 3.71. The number of nitrogens with zero attached hydrogens (tertiary/aromatic N) is 4. The zero-order valence-corrected chi connectivity index (χ0v) is 16.7. The summed E-state index contributed by atoms with van der Waals surface area (Å²) in [6.07, 6.45) is 7.36. The van der Waals surface area contributed by atoms with E-state index in [-0.39, 0.29) is 6.03 Å². The highest BCUT2D eigenvalue weighted by Crippen LogP contribution is 2.19. The van der Waals surface area contributed by atoms with Gasteiger partial charge in [-0.3, -0.25) is 4.90 Å². The molecule has 3 rings (SSSR count). The van der Waals surface area contributed by atoms with Gasteiger partial charge in [0.15, 0.2) is 5.82 Å². The lowest BCUT2D eigenvalue weighted by Gasteiger charge is -2.38. The van der Waals surface area contributed by atoms with Gasteiger partial charge in [-0.25, -0.2) is 14.5 Å². The molecule has 2 N–H and O–H groups in total. The molecular weight excluding hydrogens is 356 g/mol. The standard InChI is InChI=1S/C20H30N6O2/c1-3-16(4-2)18(25-10-12-28-13-11-25)15-22-20(27)24-17-6-7-19(21-14-17)26-9-5-8-23-26/h5-9,14,16,18H,3-4,10-13,15H2,1-2H3,(H2,22,24,27)/t18-/m0/s1. The van der Waals surface area contributed by atoms with Crippen LogP contribution in [0.5, 0.6) is 0 Å². The van der Waals surface area contributed by atoms with Crippen molar-refractivity contribution in [1.29, 1.82) is 0 Å². The second-order valence-corrected chi connectivity index (χ2v) is 6.98. The van der Waals surface area contributed by atoms with E-state index in [1.54, 1.807) is 17.1 Å². The molecule has 2 aromatic heterocycles. The average Bonchev–Trinajstić information content (AvgIpc) is 3.27. The van der Waals surface area contributed by atoms with Crippen LogP contribution in [0.2, 0.25) is 0 Å². The molecule has 0 radical (unpaired) electrons. The van der Waals surface area contributed by atoms with E-state index in [1.807, 2.05) is 24.4 Å². The summed E-state index contributed by atoms with van der Waals surface area (Å²) in [5, 5.41) is 10.0. The normalized spacial score (nSPS) is 16.1. The van der Waals surface area contributed by atoms with E-state index in [1.165, 1.54) is 0 Å². The Morgan fingerprint density at radius 1 is 1.25 bits per heavy atom. The van der Waals surface area contributed by atoms with Crippen LogP contribution in [0.1, 0.15) is 26.7 Å². The molecule has 2 amide bonds. The molecule has 1 aliphatic heterocycles. The zero-order chi connectivity index (χ0) is 19.8. The Balaban J connectivity index is 1.55. The van der Waals surface area contributed by atoms with Gasteiger partial charge in [-0.05, 0) is 24.1 Å².